The van der Waals surface area contributed by atoms with Crippen LogP contribution in [0.2, 0.25) is 0 Å². The molecule has 0 saturated carbocycles. The fraction of sp³-hybridized carbons (Fsp3) is 0.167. The first kappa shape index (κ1) is 12.0. The Morgan fingerprint density at radius 2 is 2.28 bits per heavy atom. The molecule has 6 nitrogen and oxygen atoms in total. The van der Waals surface area contributed by atoms with Crippen LogP contribution in [0.25, 0.3) is 0 Å². The number of benzene rings is 1. The standard InChI is InChI=1S/C12H12N2O4/c1-17-9-4-5-12(14(15)16)11(7-9)13-8-10-3-2-6-18-10/h2-7,13H,8H2,1H3. The summed E-state index contributed by atoms with van der Waals surface area (Å²) in [5.74, 6) is 1.26. The molecule has 18 heavy (non-hydrogen) atoms. The molecular weight excluding hydrogens is 236 g/mol. The highest BCUT2D eigenvalue weighted by Gasteiger charge is 2.14. The topological polar surface area (TPSA) is 77.5 Å². The Hall–Kier alpha value is -2.50. The van der Waals surface area contributed by atoms with Gasteiger partial charge in [0.25, 0.3) is 5.69 Å². The van der Waals surface area contributed by atoms with Crippen molar-refractivity contribution in [3.63, 3.8) is 0 Å². The molecular formula is C12H12N2O4. The van der Waals surface area contributed by atoms with Gasteiger partial charge in [0, 0.05) is 12.1 Å². The molecule has 1 aromatic carbocycles. The third-order valence-electron chi connectivity index (χ3n) is 2.43. The molecule has 6 heteroatoms. The summed E-state index contributed by atoms with van der Waals surface area (Å²) in [6.07, 6.45) is 1.55. The van der Waals surface area contributed by atoms with Gasteiger partial charge in [-0.15, -0.1) is 0 Å². The quantitative estimate of drug-likeness (QED) is 0.650. The number of anilines is 1. The van der Waals surface area contributed by atoms with E-state index >= 15 is 0 Å². The van der Waals surface area contributed by atoms with Crippen LogP contribution >= 0.6 is 0 Å². The number of hydrogen-bond donors (Lipinski definition) is 1. The van der Waals surface area contributed by atoms with Gasteiger partial charge < -0.3 is 14.5 Å². The minimum Gasteiger partial charge on any atom is -0.497 e. The lowest BCUT2D eigenvalue weighted by molar-refractivity contribution is -0.384. The van der Waals surface area contributed by atoms with Crippen LogP contribution in [0, 0.1) is 10.1 Å². The van der Waals surface area contributed by atoms with Crippen LogP contribution < -0.4 is 10.1 Å². The number of nitro groups is 1. The van der Waals surface area contributed by atoms with Crippen LogP contribution in [-0.2, 0) is 6.54 Å². The molecule has 1 N–H and O–H groups in total. The van der Waals surface area contributed by atoms with E-state index in [1.807, 2.05) is 0 Å². The molecule has 0 atom stereocenters. The van der Waals surface area contributed by atoms with Gasteiger partial charge in [0.1, 0.15) is 17.2 Å². The van der Waals surface area contributed by atoms with Crippen molar-refractivity contribution in [1.29, 1.82) is 0 Å². The van der Waals surface area contributed by atoms with Crippen molar-refractivity contribution in [2.24, 2.45) is 0 Å². The molecule has 0 aliphatic heterocycles. The Morgan fingerprint density at radius 1 is 1.44 bits per heavy atom. The van der Waals surface area contributed by atoms with E-state index in [2.05, 4.69) is 5.32 Å². The second-order valence-corrected chi connectivity index (χ2v) is 3.57. The van der Waals surface area contributed by atoms with E-state index in [0.717, 1.165) is 0 Å². The first-order chi connectivity index (χ1) is 8.70. The third kappa shape index (κ3) is 2.60. The minimum atomic E-state index is -0.441. The molecule has 94 valence electrons. The van der Waals surface area contributed by atoms with E-state index < -0.39 is 4.92 Å². The lowest BCUT2D eigenvalue weighted by Gasteiger charge is -2.07. The van der Waals surface area contributed by atoms with Crippen LogP contribution in [0.3, 0.4) is 0 Å². The maximum atomic E-state index is 10.9. The number of rotatable bonds is 5. The number of methoxy groups -OCH3 is 1. The summed E-state index contributed by atoms with van der Waals surface area (Å²) >= 11 is 0. The molecule has 0 unspecified atom stereocenters. The number of ether oxygens (including phenoxy) is 1. The van der Waals surface area contributed by atoms with Crippen LogP contribution in [-0.4, -0.2) is 12.0 Å². The van der Waals surface area contributed by atoms with Crippen molar-refractivity contribution in [3.05, 3.63) is 52.5 Å². The largest absolute Gasteiger partial charge is 0.497 e. The average Bonchev–Trinajstić information content (AvgIpc) is 2.88. The van der Waals surface area contributed by atoms with Gasteiger partial charge in [0.2, 0.25) is 0 Å². The summed E-state index contributed by atoms with van der Waals surface area (Å²) in [6, 6.07) is 8.09. The van der Waals surface area contributed by atoms with E-state index in [9.17, 15) is 10.1 Å². The lowest BCUT2D eigenvalue weighted by atomic mass is 10.2. The van der Waals surface area contributed by atoms with Crippen LogP contribution in [0.1, 0.15) is 5.76 Å². The predicted octanol–water partition coefficient (Wildman–Crippen LogP) is 2.81. The second-order valence-electron chi connectivity index (χ2n) is 3.57. The Labute approximate surface area is 103 Å². The number of nitrogens with one attached hydrogen (secondary N) is 1. The Morgan fingerprint density at radius 3 is 2.89 bits per heavy atom. The van der Waals surface area contributed by atoms with Gasteiger partial charge >= 0.3 is 0 Å². The predicted molar refractivity (Wildman–Crippen MR) is 65.7 cm³/mol. The van der Waals surface area contributed by atoms with Crippen molar-refractivity contribution >= 4 is 11.4 Å². The molecule has 0 saturated heterocycles. The van der Waals surface area contributed by atoms with Gasteiger partial charge in [0.15, 0.2) is 0 Å². The normalized spacial score (nSPS) is 10.1. The molecule has 1 aromatic heterocycles. The van der Waals surface area contributed by atoms with E-state index in [1.165, 1.54) is 13.2 Å². The minimum absolute atomic E-state index is 0.00218. The van der Waals surface area contributed by atoms with Gasteiger partial charge in [0.05, 0.1) is 24.8 Å². The van der Waals surface area contributed by atoms with Crippen molar-refractivity contribution in [2.45, 2.75) is 6.54 Å². The number of furan rings is 1. The van der Waals surface area contributed by atoms with Crippen molar-refractivity contribution in [2.75, 3.05) is 12.4 Å². The zero-order valence-corrected chi connectivity index (χ0v) is 9.75. The van der Waals surface area contributed by atoms with Gasteiger partial charge in [-0.3, -0.25) is 10.1 Å². The highest BCUT2D eigenvalue weighted by atomic mass is 16.6. The first-order valence-electron chi connectivity index (χ1n) is 5.29. The smallest absolute Gasteiger partial charge is 0.292 e. The van der Waals surface area contributed by atoms with E-state index in [0.29, 0.717) is 23.7 Å². The Balaban J connectivity index is 2.20. The van der Waals surface area contributed by atoms with Crippen molar-refractivity contribution in [3.8, 4) is 5.75 Å². The first-order valence-corrected chi connectivity index (χ1v) is 5.29. The second kappa shape index (κ2) is 5.22. The van der Waals surface area contributed by atoms with Crippen molar-refractivity contribution < 1.29 is 14.1 Å². The zero-order chi connectivity index (χ0) is 13.0. The molecule has 2 aromatic rings. The average molecular weight is 248 g/mol. The molecule has 0 radical (unpaired) electrons. The van der Waals surface area contributed by atoms with Crippen LogP contribution in [0.5, 0.6) is 5.75 Å². The number of nitrogens with zero attached hydrogens (tertiary/aromatic N) is 1. The summed E-state index contributed by atoms with van der Waals surface area (Å²) in [4.78, 5) is 10.4. The summed E-state index contributed by atoms with van der Waals surface area (Å²) < 4.78 is 10.2. The molecule has 0 spiro atoms. The summed E-state index contributed by atoms with van der Waals surface area (Å²) in [7, 11) is 1.51. The summed E-state index contributed by atoms with van der Waals surface area (Å²) in [5.41, 5.74) is 0.401. The SMILES string of the molecule is COc1ccc([N+](=O)[O-])c(NCc2ccco2)c1. The van der Waals surface area contributed by atoms with Gasteiger partial charge in [-0.1, -0.05) is 0 Å². The monoisotopic (exact) mass is 248 g/mol. The molecule has 0 bridgehead atoms. The highest BCUT2D eigenvalue weighted by molar-refractivity contribution is 5.64. The summed E-state index contributed by atoms with van der Waals surface area (Å²) in [6.45, 7) is 0.376. The molecule has 1 heterocycles. The van der Waals surface area contributed by atoms with E-state index in [1.54, 1.807) is 30.5 Å². The maximum Gasteiger partial charge on any atom is 0.292 e. The highest BCUT2D eigenvalue weighted by Crippen LogP contribution is 2.29. The molecule has 0 aliphatic carbocycles. The molecule has 0 amide bonds. The maximum absolute atomic E-state index is 10.9. The van der Waals surface area contributed by atoms with Crippen molar-refractivity contribution in [1.82, 2.24) is 0 Å². The molecule has 2 rings (SSSR count). The van der Waals surface area contributed by atoms with E-state index in [-0.39, 0.29) is 5.69 Å². The Bertz CT molecular complexity index is 537. The number of hydrogen-bond acceptors (Lipinski definition) is 5. The Kier molecular flexibility index (Phi) is 3.47. The zero-order valence-electron chi connectivity index (χ0n) is 9.75. The molecule has 0 aliphatic rings. The van der Waals surface area contributed by atoms with E-state index in [4.69, 9.17) is 9.15 Å². The van der Waals surface area contributed by atoms with Crippen LogP contribution in [0.4, 0.5) is 11.4 Å². The fourth-order valence-corrected chi connectivity index (χ4v) is 1.54. The molecule has 0 fully saturated rings. The van der Waals surface area contributed by atoms with Gasteiger partial charge in [-0.2, -0.15) is 0 Å². The third-order valence-corrected chi connectivity index (χ3v) is 2.43. The van der Waals surface area contributed by atoms with Gasteiger partial charge in [-0.25, -0.2) is 0 Å². The summed E-state index contributed by atoms with van der Waals surface area (Å²) in [5, 5.41) is 13.8. The van der Waals surface area contributed by atoms with Crippen LogP contribution in [0.15, 0.2) is 41.0 Å². The number of nitro benzene ring substituents is 1. The van der Waals surface area contributed by atoms with Gasteiger partial charge in [-0.05, 0) is 18.2 Å². The lowest BCUT2D eigenvalue weighted by Crippen LogP contribution is -2.02. The fourth-order valence-electron chi connectivity index (χ4n) is 1.54.